The summed E-state index contributed by atoms with van der Waals surface area (Å²) >= 11 is 0. The van der Waals surface area contributed by atoms with Crippen LogP contribution < -0.4 is 11.1 Å². The lowest BCUT2D eigenvalue weighted by Crippen LogP contribution is -2.42. The number of nitrogens with two attached hydrogens (primary N) is 1. The summed E-state index contributed by atoms with van der Waals surface area (Å²) in [4.78, 5) is 21.7. The molecular formula is C12H15FN2O3. The van der Waals surface area contributed by atoms with Crippen LogP contribution in [0.2, 0.25) is 0 Å². The lowest BCUT2D eigenvalue weighted by molar-refractivity contribution is -0.139. The van der Waals surface area contributed by atoms with Crippen molar-refractivity contribution in [2.45, 2.75) is 18.9 Å². The van der Waals surface area contributed by atoms with E-state index in [2.05, 4.69) is 5.32 Å². The van der Waals surface area contributed by atoms with E-state index in [1.807, 2.05) is 0 Å². The molecule has 0 saturated carbocycles. The number of carbonyl (C=O) groups is 2. The lowest BCUT2D eigenvalue weighted by Gasteiger charge is -2.10. The van der Waals surface area contributed by atoms with Crippen LogP contribution >= 0.6 is 0 Å². The summed E-state index contributed by atoms with van der Waals surface area (Å²) in [5.41, 5.74) is 6.12. The van der Waals surface area contributed by atoms with E-state index in [9.17, 15) is 14.0 Å². The summed E-state index contributed by atoms with van der Waals surface area (Å²) in [6, 6.07) is 4.98. The van der Waals surface area contributed by atoms with Gasteiger partial charge in [-0.1, -0.05) is 12.1 Å². The van der Waals surface area contributed by atoms with Crippen LogP contribution in [0.25, 0.3) is 0 Å². The van der Waals surface area contributed by atoms with Crippen LogP contribution in [-0.4, -0.2) is 29.6 Å². The third kappa shape index (κ3) is 4.92. The van der Waals surface area contributed by atoms with Crippen LogP contribution in [0, 0.1) is 5.82 Å². The van der Waals surface area contributed by atoms with Crippen LogP contribution in [-0.2, 0) is 16.0 Å². The van der Waals surface area contributed by atoms with Crippen molar-refractivity contribution < 1.29 is 19.1 Å². The second-order valence-corrected chi connectivity index (χ2v) is 3.88. The summed E-state index contributed by atoms with van der Waals surface area (Å²) in [6.45, 7) is 0.287. The number of hydrogen-bond acceptors (Lipinski definition) is 3. The van der Waals surface area contributed by atoms with Gasteiger partial charge in [0, 0.05) is 6.54 Å². The Morgan fingerprint density at radius 1 is 1.44 bits per heavy atom. The summed E-state index contributed by atoms with van der Waals surface area (Å²) in [5, 5.41) is 11.0. The van der Waals surface area contributed by atoms with Crippen molar-refractivity contribution >= 4 is 11.9 Å². The fourth-order valence-corrected chi connectivity index (χ4v) is 1.43. The van der Waals surface area contributed by atoms with E-state index in [4.69, 9.17) is 10.8 Å². The Morgan fingerprint density at radius 2 is 2.17 bits per heavy atom. The Bertz CT molecular complexity index is 437. The van der Waals surface area contributed by atoms with E-state index in [-0.39, 0.29) is 12.4 Å². The quantitative estimate of drug-likeness (QED) is 0.680. The van der Waals surface area contributed by atoms with E-state index < -0.39 is 24.3 Å². The molecule has 4 N–H and O–H groups in total. The predicted molar refractivity (Wildman–Crippen MR) is 63.3 cm³/mol. The molecule has 1 rings (SSSR count). The van der Waals surface area contributed by atoms with Gasteiger partial charge in [-0.2, -0.15) is 0 Å². The first-order valence-electron chi connectivity index (χ1n) is 5.48. The van der Waals surface area contributed by atoms with Gasteiger partial charge < -0.3 is 16.2 Å². The molecule has 1 aromatic carbocycles. The summed E-state index contributed by atoms with van der Waals surface area (Å²) in [6.07, 6.45) is 0.0507. The van der Waals surface area contributed by atoms with E-state index in [1.54, 1.807) is 12.1 Å². The molecule has 6 heteroatoms. The molecule has 0 radical (unpaired) electrons. The highest BCUT2D eigenvalue weighted by atomic mass is 19.1. The first kappa shape index (κ1) is 14.1. The molecule has 5 nitrogen and oxygen atoms in total. The number of carbonyl (C=O) groups excluding carboxylic acids is 1. The van der Waals surface area contributed by atoms with E-state index >= 15 is 0 Å². The molecule has 0 aliphatic rings. The molecule has 0 aromatic heterocycles. The van der Waals surface area contributed by atoms with Gasteiger partial charge in [0.2, 0.25) is 5.91 Å². The second kappa shape index (κ2) is 6.70. The first-order chi connectivity index (χ1) is 8.49. The SMILES string of the molecule is NC(CC(=O)O)C(=O)NCCc1cccc(F)c1. The molecule has 18 heavy (non-hydrogen) atoms. The number of rotatable bonds is 6. The van der Waals surface area contributed by atoms with Crippen molar-refractivity contribution in [2.75, 3.05) is 6.54 Å². The molecule has 0 aliphatic carbocycles. The number of nitrogens with one attached hydrogen (secondary N) is 1. The van der Waals surface area contributed by atoms with Crippen LogP contribution in [0.5, 0.6) is 0 Å². The van der Waals surface area contributed by atoms with Crippen molar-refractivity contribution in [1.29, 1.82) is 0 Å². The molecular weight excluding hydrogens is 239 g/mol. The largest absolute Gasteiger partial charge is 0.481 e. The Balaban J connectivity index is 2.33. The van der Waals surface area contributed by atoms with E-state index in [0.29, 0.717) is 6.42 Å². The highest BCUT2D eigenvalue weighted by molar-refractivity contribution is 5.85. The zero-order valence-corrected chi connectivity index (χ0v) is 9.73. The fraction of sp³-hybridized carbons (Fsp3) is 0.333. The molecule has 0 fully saturated rings. The van der Waals surface area contributed by atoms with E-state index in [0.717, 1.165) is 5.56 Å². The summed E-state index contributed by atoms with van der Waals surface area (Å²) in [5.74, 6) is -1.97. The Labute approximate surface area is 104 Å². The predicted octanol–water partition coefficient (Wildman–Crippen LogP) is 0.286. The molecule has 1 aromatic rings. The minimum atomic E-state index is -1.12. The van der Waals surface area contributed by atoms with Crippen LogP contribution in [0.3, 0.4) is 0 Å². The number of carboxylic acids is 1. The fourth-order valence-electron chi connectivity index (χ4n) is 1.43. The van der Waals surface area contributed by atoms with Crippen LogP contribution in [0.1, 0.15) is 12.0 Å². The number of amides is 1. The molecule has 0 spiro atoms. The summed E-state index contributed by atoms with van der Waals surface area (Å²) < 4.78 is 12.9. The molecule has 0 aliphatic heterocycles. The highest BCUT2D eigenvalue weighted by Gasteiger charge is 2.16. The van der Waals surface area contributed by atoms with E-state index in [1.165, 1.54) is 12.1 Å². The Hall–Kier alpha value is -1.95. The van der Waals surface area contributed by atoms with Crippen molar-refractivity contribution in [3.05, 3.63) is 35.6 Å². The minimum Gasteiger partial charge on any atom is -0.481 e. The third-order valence-corrected chi connectivity index (χ3v) is 2.33. The zero-order valence-electron chi connectivity index (χ0n) is 9.73. The maximum atomic E-state index is 12.9. The average molecular weight is 254 g/mol. The number of halogens is 1. The maximum Gasteiger partial charge on any atom is 0.305 e. The van der Waals surface area contributed by atoms with Crippen molar-refractivity contribution in [3.63, 3.8) is 0 Å². The number of hydrogen-bond donors (Lipinski definition) is 3. The van der Waals surface area contributed by atoms with Gasteiger partial charge in [0.15, 0.2) is 0 Å². The zero-order chi connectivity index (χ0) is 13.5. The third-order valence-electron chi connectivity index (χ3n) is 2.33. The number of carboxylic acid groups (broad SMARTS) is 1. The summed E-state index contributed by atoms with van der Waals surface area (Å²) in [7, 11) is 0. The maximum absolute atomic E-state index is 12.9. The van der Waals surface area contributed by atoms with Crippen molar-refractivity contribution in [3.8, 4) is 0 Å². The minimum absolute atomic E-state index is 0.287. The number of aliphatic carboxylic acids is 1. The van der Waals surface area contributed by atoms with Gasteiger partial charge in [-0.05, 0) is 24.1 Å². The Morgan fingerprint density at radius 3 is 2.78 bits per heavy atom. The second-order valence-electron chi connectivity index (χ2n) is 3.88. The standard InChI is InChI=1S/C12H15FN2O3/c13-9-3-1-2-8(6-9)4-5-15-12(18)10(14)7-11(16)17/h1-3,6,10H,4-5,7,14H2,(H,15,18)(H,16,17). The molecule has 0 saturated heterocycles. The Kier molecular flexibility index (Phi) is 5.26. The smallest absolute Gasteiger partial charge is 0.305 e. The van der Waals surface area contributed by atoms with Gasteiger partial charge in [-0.25, -0.2) is 4.39 Å². The average Bonchev–Trinajstić information content (AvgIpc) is 2.28. The molecule has 1 atom stereocenters. The van der Waals surface area contributed by atoms with Gasteiger partial charge in [0.05, 0.1) is 12.5 Å². The molecule has 1 amide bonds. The first-order valence-corrected chi connectivity index (χ1v) is 5.48. The molecule has 1 unspecified atom stereocenters. The van der Waals surface area contributed by atoms with Gasteiger partial charge in [0.1, 0.15) is 5.82 Å². The lowest BCUT2D eigenvalue weighted by atomic mass is 10.1. The normalized spacial score (nSPS) is 11.9. The van der Waals surface area contributed by atoms with Gasteiger partial charge in [0.25, 0.3) is 0 Å². The van der Waals surface area contributed by atoms with Crippen LogP contribution in [0.15, 0.2) is 24.3 Å². The van der Waals surface area contributed by atoms with Gasteiger partial charge in [-0.15, -0.1) is 0 Å². The van der Waals surface area contributed by atoms with Crippen molar-refractivity contribution in [1.82, 2.24) is 5.32 Å². The van der Waals surface area contributed by atoms with Gasteiger partial charge >= 0.3 is 5.97 Å². The van der Waals surface area contributed by atoms with Crippen LogP contribution in [0.4, 0.5) is 4.39 Å². The molecule has 0 bridgehead atoms. The molecule has 98 valence electrons. The topological polar surface area (TPSA) is 92.4 Å². The molecule has 0 heterocycles. The van der Waals surface area contributed by atoms with Crippen molar-refractivity contribution in [2.24, 2.45) is 5.73 Å². The van der Waals surface area contributed by atoms with Gasteiger partial charge in [-0.3, -0.25) is 9.59 Å². The highest BCUT2D eigenvalue weighted by Crippen LogP contribution is 2.03. The monoisotopic (exact) mass is 254 g/mol. The number of benzene rings is 1.